The normalized spacial score (nSPS) is 9.92. The molecule has 3 N–H and O–H groups in total. The van der Waals surface area contributed by atoms with E-state index in [0.717, 1.165) is 0 Å². The summed E-state index contributed by atoms with van der Waals surface area (Å²) in [5, 5.41) is 9.04. The molecule has 0 bridgehead atoms. The molecule has 0 aromatic heterocycles. The summed E-state index contributed by atoms with van der Waals surface area (Å²) < 4.78 is 17.6. The molecular weight excluding hydrogens is 185 g/mol. The minimum atomic E-state index is -0.942. The molecule has 0 saturated heterocycles. The highest BCUT2D eigenvalue weighted by atomic mass is 35.5. The maximum Gasteiger partial charge on any atom is 0.210 e. The Bertz CT molecular complexity index is 317. The first-order valence-electron chi connectivity index (χ1n) is 3.08. The molecule has 5 heteroatoms. The molecule has 0 heterocycles. The molecule has 0 saturated carbocycles. The van der Waals surface area contributed by atoms with Gasteiger partial charge in [0.2, 0.25) is 5.82 Å². The number of rotatable bonds is 1. The number of benzene rings is 1. The summed E-state index contributed by atoms with van der Waals surface area (Å²) in [5.74, 6) is -1.79. The highest BCUT2D eigenvalue weighted by molar-refractivity contribution is 6.32. The number of hydrogen-bond donors (Lipinski definition) is 2. The number of methoxy groups -OCH3 is 1. The van der Waals surface area contributed by atoms with E-state index < -0.39 is 11.6 Å². The van der Waals surface area contributed by atoms with Crippen LogP contribution in [0.3, 0.4) is 0 Å². The van der Waals surface area contributed by atoms with Gasteiger partial charge < -0.3 is 15.6 Å². The van der Waals surface area contributed by atoms with E-state index in [2.05, 4.69) is 4.74 Å². The van der Waals surface area contributed by atoms with Crippen LogP contribution in [0.1, 0.15) is 0 Å². The third kappa shape index (κ3) is 1.25. The second-order valence-corrected chi connectivity index (χ2v) is 2.55. The topological polar surface area (TPSA) is 55.5 Å². The van der Waals surface area contributed by atoms with Crippen LogP contribution < -0.4 is 10.5 Å². The summed E-state index contributed by atoms with van der Waals surface area (Å²) in [7, 11) is 1.25. The van der Waals surface area contributed by atoms with Gasteiger partial charge in [-0.1, -0.05) is 11.6 Å². The van der Waals surface area contributed by atoms with Crippen molar-refractivity contribution in [1.82, 2.24) is 0 Å². The smallest absolute Gasteiger partial charge is 0.210 e. The zero-order valence-electron chi connectivity index (χ0n) is 6.27. The lowest BCUT2D eigenvalue weighted by molar-refractivity contribution is 0.366. The average Bonchev–Trinajstić information content (AvgIpc) is 2.01. The van der Waals surface area contributed by atoms with E-state index in [0.29, 0.717) is 0 Å². The van der Waals surface area contributed by atoms with Crippen LogP contribution in [0.15, 0.2) is 6.07 Å². The summed E-state index contributed by atoms with van der Waals surface area (Å²) in [6.45, 7) is 0. The molecule has 66 valence electrons. The number of halogens is 2. The van der Waals surface area contributed by atoms with Crippen LogP contribution in [0.4, 0.5) is 10.1 Å². The van der Waals surface area contributed by atoms with Crippen molar-refractivity contribution in [1.29, 1.82) is 0 Å². The maximum atomic E-state index is 13.0. The molecule has 1 aromatic rings. The predicted octanol–water partition coefficient (Wildman–Crippen LogP) is 1.78. The molecule has 1 rings (SSSR count). The molecule has 1 aromatic carbocycles. The van der Waals surface area contributed by atoms with Gasteiger partial charge in [0.1, 0.15) is 0 Å². The summed E-state index contributed by atoms with van der Waals surface area (Å²) in [6, 6.07) is 1.22. The van der Waals surface area contributed by atoms with Crippen LogP contribution in [0.25, 0.3) is 0 Å². The molecule has 0 atom stereocenters. The van der Waals surface area contributed by atoms with E-state index >= 15 is 0 Å². The third-order valence-electron chi connectivity index (χ3n) is 1.38. The predicted molar refractivity (Wildman–Crippen MR) is 44.0 cm³/mol. The molecule has 0 amide bonds. The first-order valence-corrected chi connectivity index (χ1v) is 3.46. The molecule has 0 aliphatic rings. The van der Waals surface area contributed by atoms with Crippen LogP contribution in [-0.4, -0.2) is 12.2 Å². The molecule has 3 nitrogen and oxygen atoms in total. The van der Waals surface area contributed by atoms with E-state index in [-0.39, 0.29) is 16.5 Å². The van der Waals surface area contributed by atoms with Crippen molar-refractivity contribution in [2.24, 2.45) is 0 Å². The van der Waals surface area contributed by atoms with Crippen LogP contribution in [0, 0.1) is 5.82 Å². The van der Waals surface area contributed by atoms with Gasteiger partial charge in [-0.3, -0.25) is 0 Å². The fraction of sp³-hybridized carbons (Fsp3) is 0.143. The van der Waals surface area contributed by atoms with Gasteiger partial charge in [0.25, 0.3) is 0 Å². The Kier molecular flexibility index (Phi) is 2.28. The number of phenols is 1. The van der Waals surface area contributed by atoms with Gasteiger partial charge in [0, 0.05) is 0 Å². The minimum Gasteiger partial charge on any atom is -0.503 e. The van der Waals surface area contributed by atoms with Crippen LogP contribution in [0.2, 0.25) is 5.02 Å². The lowest BCUT2D eigenvalue weighted by atomic mass is 10.2. The number of nitrogens with two attached hydrogens (primary N) is 1. The second-order valence-electron chi connectivity index (χ2n) is 2.14. The van der Waals surface area contributed by atoms with Gasteiger partial charge in [0.15, 0.2) is 11.5 Å². The Morgan fingerprint density at radius 1 is 1.67 bits per heavy atom. The van der Waals surface area contributed by atoms with Crippen molar-refractivity contribution < 1.29 is 14.2 Å². The largest absolute Gasteiger partial charge is 0.503 e. The Labute approximate surface area is 73.5 Å². The Hall–Kier alpha value is -1.16. The van der Waals surface area contributed by atoms with Crippen molar-refractivity contribution in [2.75, 3.05) is 12.8 Å². The van der Waals surface area contributed by atoms with E-state index in [9.17, 15) is 4.39 Å². The fourth-order valence-corrected chi connectivity index (χ4v) is 1.07. The summed E-state index contributed by atoms with van der Waals surface area (Å²) in [5.41, 5.74) is 5.10. The van der Waals surface area contributed by atoms with Gasteiger partial charge in [-0.2, -0.15) is 4.39 Å². The SMILES string of the molecule is COc1c(Cl)cc(N)c(O)c1F. The molecule has 0 radical (unpaired) electrons. The molecule has 0 unspecified atom stereocenters. The number of phenolic OH excluding ortho intramolecular Hbond substituents is 1. The number of ether oxygens (including phenoxy) is 1. The zero-order valence-corrected chi connectivity index (χ0v) is 7.02. The lowest BCUT2D eigenvalue weighted by Crippen LogP contribution is -1.94. The molecule has 0 aliphatic carbocycles. The Balaban J connectivity index is 3.40. The minimum absolute atomic E-state index is 0.0327. The van der Waals surface area contributed by atoms with Gasteiger partial charge in [-0.15, -0.1) is 0 Å². The average molecular weight is 192 g/mol. The van der Waals surface area contributed by atoms with Gasteiger partial charge in [-0.05, 0) is 6.07 Å². The number of hydrogen-bond acceptors (Lipinski definition) is 3. The van der Waals surface area contributed by atoms with Crippen LogP contribution in [-0.2, 0) is 0 Å². The van der Waals surface area contributed by atoms with E-state index in [1.165, 1.54) is 13.2 Å². The van der Waals surface area contributed by atoms with Crippen molar-refractivity contribution >= 4 is 17.3 Å². The molecular formula is C7H7ClFNO2. The molecule has 0 spiro atoms. The maximum absolute atomic E-state index is 13.0. The standard InChI is InChI=1S/C7H7ClFNO2/c1-12-7-3(8)2-4(10)6(11)5(7)9/h2,11H,10H2,1H3. The Morgan fingerprint density at radius 2 is 2.25 bits per heavy atom. The first-order chi connectivity index (χ1) is 5.57. The number of aromatic hydroxyl groups is 1. The molecule has 0 fully saturated rings. The van der Waals surface area contributed by atoms with Gasteiger partial charge in [-0.25, -0.2) is 0 Å². The van der Waals surface area contributed by atoms with Crippen molar-refractivity contribution in [2.45, 2.75) is 0 Å². The van der Waals surface area contributed by atoms with Crippen LogP contribution >= 0.6 is 11.6 Å². The number of anilines is 1. The zero-order chi connectivity index (χ0) is 9.30. The van der Waals surface area contributed by atoms with Gasteiger partial charge in [0.05, 0.1) is 17.8 Å². The summed E-state index contributed by atoms with van der Waals surface area (Å²) in [4.78, 5) is 0. The quantitative estimate of drug-likeness (QED) is 0.526. The summed E-state index contributed by atoms with van der Waals surface area (Å²) in [6.07, 6.45) is 0. The first kappa shape index (κ1) is 8.93. The Morgan fingerprint density at radius 3 is 2.75 bits per heavy atom. The van der Waals surface area contributed by atoms with Crippen molar-refractivity contribution in [3.63, 3.8) is 0 Å². The second kappa shape index (κ2) is 3.06. The van der Waals surface area contributed by atoms with E-state index in [1.54, 1.807) is 0 Å². The molecule has 0 aliphatic heterocycles. The monoisotopic (exact) mass is 191 g/mol. The lowest BCUT2D eigenvalue weighted by Gasteiger charge is -2.07. The highest BCUT2D eigenvalue weighted by Gasteiger charge is 2.15. The van der Waals surface area contributed by atoms with Crippen LogP contribution in [0.5, 0.6) is 11.5 Å². The molecule has 12 heavy (non-hydrogen) atoms. The van der Waals surface area contributed by atoms with Gasteiger partial charge >= 0.3 is 0 Å². The third-order valence-corrected chi connectivity index (χ3v) is 1.66. The van der Waals surface area contributed by atoms with E-state index in [1.807, 2.05) is 0 Å². The highest BCUT2D eigenvalue weighted by Crippen LogP contribution is 2.37. The summed E-state index contributed by atoms with van der Waals surface area (Å²) >= 11 is 5.55. The van der Waals surface area contributed by atoms with Crippen molar-refractivity contribution in [3.05, 3.63) is 16.9 Å². The number of nitrogen functional groups attached to an aromatic ring is 1. The fourth-order valence-electron chi connectivity index (χ4n) is 0.797. The van der Waals surface area contributed by atoms with Crippen molar-refractivity contribution in [3.8, 4) is 11.5 Å². The van der Waals surface area contributed by atoms with E-state index in [4.69, 9.17) is 22.4 Å².